The van der Waals surface area contributed by atoms with E-state index >= 15 is 0 Å². The SMILES string of the molecule is CCCCCC/C=[C]\c1c(C)c(C)cc(C)c1C. The Morgan fingerprint density at radius 1 is 0.944 bits per heavy atom. The van der Waals surface area contributed by atoms with Gasteiger partial charge in [0.2, 0.25) is 0 Å². The van der Waals surface area contributed by atoms with Crippen molar-refractivity contribution in [2.75, 3.05) is 0 Å². The van der Waals surface area contributed by atoms with Crippen molar-refractivity contribution in [1.82, 2.24) is 0 Å². The first-order valence-electron chi connectivity index (χ1n) is 7.23. The minimum atomic E-state index is 1.16. The first-order valence-corrected chi connectivity index (χ1v) is 7.23. The molecule has 0 nitrogen and oxygen atoms in total. The van der Waals surface area contributed by atoms with E-state index in [1.807, 2.05) is 0 Å². The lowest BCUT2D eigenvalue weighted by Gasteiger charge is -2.11. The second-order valence-electron chi connectivity index (χ2n) is 5.33. The molecule has 0 aromatic heterocycles. The fourth-order valence-corrected chi connectivity index (χ4v) is 2.28. The maximum absolute atomic E-state index is 3.51. The number of unbranched alkanes of at least 4 members (excludes halogenated alkanes) is 4. The predicted molar refractivity (Wildman–Crippen MR) is 81.1 cm³/mol. The minimum Gasteiger partial charge on any atom is -0.0760 e. The third kappa shape index (κ3) is 4.01. The number of allylic oxidation sites excluding steroid dienone is 1. The van der Waals surface area contributed by atoms with Gasteiger partial charge in [-0.15, -0.1) is 0 Å². The number of aryl methyl sites for hydroxylation is 2. The Labute approximate surface area is 113 Å². The highest BCUT2D eigenvalue weighted by molar-refractivity contribution is 5.47. The van der Waals surface area contributed by atoms with E-state index in [0.717, 1.165) is 6.42 Å². The van der Waals surface area contributed by atoms with Crippen molar-refractivity contribution >= 4 is 0 Å². The molecular weight excluding hydrogens is 216 g/mol. The molecule has 1 radical (unpaired) electrons. The molecule has 0 heterocycles. The normalized spacial score (nSPS) is 11.4. The molecule has 1 rings (SSSR count). The van der Waals surface area contributed by atoms with Crippen LogP contribution in [-0.2, 0) is 0 Å². The first kappa shape index (κ1) is 15.0. The van der Waals surface area contributed by atoms with Gasteiger partial charge < -0.3 is 0 Å². The Balaban J connectivity index is 2.69. The Bertz CT molecular complexity index is 384. The molecule has 0 unspecified atom stereocenters. The summed E-state index contributed by atoms with van der Waals surface area (Å²) in [5.74, 6) is 0. The van der Waals surface area contributed by atoms with Gasteiger partial charge in [0.1, 0.15) is 0 Å². The summed E-state index contributed by atoms with van der Waals surface area (Å²) in [6, 6.07) is 2.27. The number of benzene rings is 1. The molecule has 0 N–H and O–H groups in total. The fraction of sp³-hybridized carbons (Fsp3) is 0.556. The molecule has 0 spiro atoms. The van der Waals surface area contributed by atoms with Crippen LogP contribution in [0.1, 0.15) is 66.8 Å². The molecule has 99 valence electrons. The van der Waals surface area contributed by atoms with E-state index in [4.69, 9.17) is 0 Å². The first-order chi connectivity index (χ1) is 8.57. The second kappa shape index (κ2) is 7.41. The van der Waals surface area contributed by atoms with Crippen LogP contribution in [0, 0.1) is 33.8 Å². The summed E-state index contributed by atoms with van der Waals surface area (Å²) >= 11 is 0. The van der Waals surface area contributed by atoms with Crippen molar-refractivity contribution < 1.29 is 0 Å². The molecule has 1 aromatic carbocycles. The molecule has 0 aliphatic heterocycles. The van der Waals surface area contributed by atoms with Gasteiger partial charge in [-0.25, -0.2) is 0 Å². The van der Waals surface area contributed by atoms with Crippen molar-refractivity contribution in [3.8, 4) is 0 Å². The topological polar surface area (TPSA) is 0 Å². The van der Waals surface area contributed by atoms with E-state index in [1.165, 1.54) is 53.5 Å². The van der Waals surface area contributed by atoms with Crippen LogP contribution in [0.4, 0.5) is 0 Å². The van der Waals surface area contributed by atoms with Gasteiger partial charge in [0.15, 0.2) is 0 Å². The van der Waals surface area contributed by atoms with Gasteiger partial charge in [-0.3, -0.25) is 0 Å². The molecule has 0 aliphatic carbocycles. The monoisotopic (exact) mass is 243 g/mol. The molecule has 0 saturated heterocycles. The molecular formula is C18H27. The van der Waals surface area contributed by atoms with Crippen LogP contribution in [0.5, 0.6) is 0 Å². The van der Waals surface area contributed by atoms with Gasteiger partial charge in [-0.05, 0) is 74.4 Å². The molecule has 0 heteroatoms. The van der Waals surface area contributed by atoms with Gasteiger partial charge in [-0.2, -0.15) is 0 Å². The zero-order valence-electron chi connectivity index (χ0n) is 12.7. The average Bonchev–Trinajstić information content (AvgIpc) is 2.35. The third-order valence-corrected chi connectivity index (χ3v) is 3.81. The van der Waals surface area contributed by atoms with Crippen molar-refractivity contribution in [3.05, 3.63) is 46.0 Å². The molecule has 1 aromatic rings. The maximum Gasteiger partial charge on any atom is -0.0117 e. The highest BCUT2D eigenvalue weighted by Gasteiger charge is 2.05. The standard InChI is InChI=1S/C18H27/c1-6-7-8-9-10-11-12-18-16(4)14(2)13-15(3)17(18)5/h11,13H,6-10H2,1-5H3. The summed E-state index contributed by atoms with van der Waals surface area (Å²) in [5, 5.41) is 0. The lowest BCUT2D eigenvalue weighted by molar-refractivity contribution is 0.674. The zero-order chi connectivity index (χ0) is 13.5. The Morgan fingerprint density at radius 3 is 2.11 bits per heavy atom. The smallest absolute Gasteiger partial charge is 0.0117 e. The molecule has 0 saturated carbocycles. The van der Waals surface area contributed by atoms with E-state index in [0.29, 0.717) is 0 Å². The molecule has 0 aliphatic rings. The van der Waals surface area contributed by atoms with Crippen LogP contribution in [0.25, 0.3) is 0 Å². The number of hydrogen-bond acceptors (Lipinski definition) is 0. The maximum atomic E-state index is 3.51. The minimum absolute atomic E-state index is 1.16. The van der Waals surface area contributed by atoms with Crippen LogP contribution in [-0.4, -0.2) is 0 Å². The van der Waals surface area contributed by atoms with Crippen LogP contribution in [0.3, 0.4) is 0 Å². The van der Waals surface area contributed by atoms with E-state index in [2.05, 4.69) is 52.8 Å². The third-order valence-electron chi connectivity index (χ3n) is 3.81. The van der Waals surface area contributed by atoms with Crippen LogP contribution < -0.4 is 0 Å². The Hall–Kier alpha value is -1.04. The van der Waals surface area contributed by atoms with Crippen LogP contribution >= 0.6 is 0 Å². The highest BCUT2D eigenvalue weighted by atomic mass is 14.1. The summed E-state index contributed by atoms with van der Waals surface area (Å²) in [6.07, 6.45) is 12.2. The molecule has 0 atom stereocenters. The summed E-state index contributed by atoms with van der Waals surface area (Å²) in [5.41, 5.74) is 6.81. The predicted octanol–water partition coefficient (Wildman–Crippen LogP) is 5.60. The van der Waals surface area contributed by atoms with E-state index in [9.17, 15) is 0 Å². The molecule has 0 bridgehead atoms. The van der Waals surface area contributed by atoms with E-state index in [-0.39, 0.29) is 0 Å². The molecule has 0 fully saturated rings. The summed E-state index contributed by atoms with van der Waals surface area (Å²) in [6.45, 7) is 11.0. The van der Waals surface area contributed by atoms with Gasteiger partial charge >= 0.3 is 0 Å². The Morgan fingerprint density at radius 2 is 1.56 bits per heavy atom. The lowest BCUT2D eigenvalue weighted by Crippen LogP contribution is -1.95. The van der Waals surface area contributed by atoms with Gasteiger partial charge in [0.05, 0.1) is 0 Å². The Kier molecular flexibility index (Phi) is 6.18. The summed E-state index contributed by atoms with van der Waals surface area (Å²) in [4.78, 5) is 0. The van der Waals surface area contributed by atoms with Gasteiger partial charge in [-0.1, -0.05) is 38.3 Å². The second-order valence-corrected chi connectivity index (χ2v) is 5.33. The van der Waals surface area contributed by atoms with Crippen molar-refractivity contribution in [2.24, 2.45) is 0 Å². The highest BCUT2D eigenvalue weighted by Crippen LogP contribution is 2.21. The van der Waals surface area contributed by atoms with Crippen molar-refractivity contribution in [3.63, 3.8) is 0 Å². The van der Waals surface area contributed by atoms with E-state index < -0.39 is 0 Å². The van der Waals surface area contributed by atoms with Crippen molar-refractivity contribution in [1.29, 1.82) is 0 Å². The van der Waals surface area contributed by atoms with Crippen LogP contribution in [0.15, 0.2) is 12.1 Å². The van der Waals surface area contributed by atoms with Gasteiger partial charge in [0, 0.05) is 0 Å². The zero-order valence-corrected chi connectivity index (χ0v) is 12.7. The van der Waals surface area contributed by atoms with Crippen molar-refractivity contribution in [2.45, 2.75) is 66.7 Å². The van der Waals surface area contributed by atoms with Gasteiger partial charge in [0.25, 0.3) is 0 Å². The number of hydrogen-bond donors (Lipinski definition) is 0. The fourth-order valence-electron chi connectivity index (χ4n) is 2.28. The quantitative estimate of drug-likeness (QED) is 0.571. The van der Waals surface area contributed by atoms with Crippen LogP contribution in [0.2, 0.25) is 0 Å². The summed E-state index contributed by atoms with van der Waals surface area (Å²) in [7, 11) is 0. The van der Waals surface area contributed by atoms with E-state index in [1.54, 1.807) is 0 Å². The average molecular weight is 243 g/mol. The number of rotatable bonds is 6. The largest absolute Gasteiger partial charge is 0.0760 e. The molecule has 0 amide bonds. The lowest BCUT2D eigenvalue weighted by atomic mass is 9.94. The summed E-state index contributed by atoms with van der Waals surface area (Å²) < 4.78 is 0. The molecule has 18 heavy (non-hydrogen) atoms.